The first-order valence-corrected chi connectivity index (χ1v) is 5.61. The molecular formula is C14H20O2. The number of hydrogen-bond acceptors (Lipinski definition) is 2. The molecule has 0 aliphatic carbocycles. The summed E-state index contributed by atoms with van der Waals surface area (Å²) in [6.45, 7) is 8.01. The standard InChI is InChI=1S/C14H20O2/c1-4-11(2)14(15)12(3)16-10-13-8-6-5-7-9-13/h4-9,11-12,14-15H,1,10H2,2-3H3/t11-,12+,14-/m1/s1. The first kappa shape index (κ1) is 12.9. The van der Waals surface area contributed by atoms with Crippen molar-refractivity contribution in [3.05, 3.63) is 48.6 Å². The van der Waals surface area contributed by atoms with Gasteiger partial charge in [-0.2, -0.15) is 0 Å². The van der Waals surface area contributed by atoms with Crippen LogP contribution >= 0.6 is 0 Å². The summed E-state index contributed by atoms with van der Waals surface area (Å²) in [5.74, 6) is 0.0470. The molecule has 2 nitrogen and oxygen atoms in total. The average molecular weight is 220 g/mol. The molecular weight excluding hydrogens is 200 g/mol. The van der Waals surface area contributed by atoms with E-state index in [2.05, 4.69) is 6.58 Å². The van der Waals surface area contributed by atoms with Gasteiger partial charge in [0.25, 0.3) is 0 Å². The van der Waals surface area contributed by atoms with Crippen LogP contribution in [0.15, 0.2) is 43.0 Å². The second-order valence-corrected chi connectivity index (χ2v) is 4.09. The Hall–Kier alpha value is -1.12. The van der Waals surface area contributed by atoms with Crippen LogP contribution in [0, 0.1) is 5.92 Å². The molecule has 2 heteroatoms. The van der Waals surface area contributed by atoms with E-state index >= 15 is 0 Å². The van der Waals surface area contributed by atoms with Gasteiger partial charge in [-0.1, -0.05) is 43.3 Å². The van der Waals surface area contributed by atoms with E-state index in [4.69, 9.17) is 4.74 Å². The van der Waals surface area contributed by atoms with E-state index in [1.165, 1.54) is 0 Å². The summed E-state index contributed by atoms with van der Waals surface area (Å²) in [6.07, 6.45) is 1.06. The van der Waals surface area contributed by atoms with Crippen molar-refractivity contribution < 1.29 is 9.84 Å². The second kappa shape index (κ2) is 6.46. The zero-order valence-corrected chi connectivity index (χ0v) is 9.97. The molecule has 0 aliphatic rings. The Balaban J connectivity index is 2.40. The van der Waals surface area contributed by atoms with Crippen molar-refractivity contribution >= 4 is 0 Å². The minimum Gasteiger partial charge on any atom is -0.390 e. The summed E-state index contributed by atoms with van der Waals surface area (Å²) in [5, 5.41) is 9.87. The zero-order chi connectivity index (χ0) is 12.0. The predicted molar refractivity (Wildman–Crippen MR) is 66.1 cm³/mol. The van der Waals surface area contributed by atoms with Crippen LogP contribution in [0.2, 0.25) is 0 Å². The first-order valence-electron chi connectivity index (χ1n) is 5.61. The van der Waals surface area contributed by atoms with Gasteiger partial charge < -0.3 is 9.84 Å². The predicted octanol–water partition coefficient (Wildman–Crippen LogP) is 2.77. The Labute approximate surface area is 97.6 Å². The lowest BCUT2D eigenvalue weighted by molar-refractivity contribution is -0.0487. The molecule has 1 aromatic carbocycles. The molecule has 0 heterocycles. The van der Waals surface area contributed by atoms with E-state index in [9.17, 15) is 5.11 Å². The molecule has 0 amide bonds. The number of aliphatic hydroxyl groups is 1. The van der Waals surface area contributed by atoms with Crippen LogP contribution in [0.5, 0.6) is 0 Å². The Kier molecular flexibility index (Phi) is 5.23. The lowest BCUT2D eigenvalue weighted by Crippen LogP contribution is -2.31. The molecule has 1 N–H and O–H groups in total. The van der Waals surface area contributed by atoms with Crippen LogP contribution < -0.4 is 0 Å². The van der Waals surface area contributed by atoms with Crippen molar-refractivity contribution in [2.45, 2.75) is 32.7 Å². The third-order valence-corrected chi connectivity index (χ3v) is 2.75. The third-order valence-electron chi connectivity index (χ3n) is 2.75. The quantitative estimate of drug-likeness (QED) is 0.747. The summed E-state index contributed by atoms with van der Waals surface area (Å²) < 4.78 is 5.62. The molecule has 0 fully saturated rings. The first-order chi connectivity index (χ1) is 7.65. The van der Waals surface area contributed by atoms with Crippen molar-refractivity contribution in [3.63, 3.8) is 0 Å². The zero-order valence-electron chi connectivity index (χ0n) is 9.97. The monoisotopic (exact) mass is 220 g/mol. The number of benzene rings is 1. The largest absolute Gasteiger partial charge is 0.390 e. The molecule has 0 radical (unpaired) electrons. The fourth-order valence-corrected chi connectivity index (χ4v) is 1.47. The Morgan fingerprint density at radius 3 is 2.50 bits per heavy atom. The molecule has 3 atom stereocenters. The molecule has 0 aliphatic heterocycles. The molecule has 0 saturated heterocycles. The summed E-state index contributed by atoms with van der Waals surface area (Å²) in [5.41, 5.74) is 1.12. The molecule has 1 rings (SSSR count). The SMILES string of the molecule is C=C[C@@H](C)[C@@H](O)[C@H](C)OCc1ccccc1. The van der Waals surface area contributed by atoms with E-state index in [1.54, 1.807) is 6.08 Å². The van der Waals surface area contributed by atoms with Crippen LogP contribution in [-0.2, 0) is 11.3 Å². The van der Waals surface area contributed by atoms with E-state index in [0.717, 1.165) is 5.56 Å². The lowest BCUT2D eigenvalue weighted by atomic mass is 10.0. The molecule has 1 aromatic rings. The Bertz CT molecular complexity index is 308. The van der Waals surface area contributed by atoms with Gasteiger partial charge >= 0.3 is 0 Å². The van der Waals surface area contributed by atoms with Crippen LogP contribution in [0.3, 0.4) is 0 Å². The van der Waals surface area contributed by atoms with Crippen molar-refractivity contribution in [3.8, 4) is 0 Å². The molecule has 88 valence electrons. The van der Waals surface area contributed by atoms with Gasteiger partial charge in [0.05, 0.1) is 18.8 Å². The minimum absolute atomic E-state index is 0.0470. The Morgan fingerprint density at radius 2 is 1.94 bits per heavy atom. The highest BCUT2D eigenvalue weighted by Gasteiger charge is 2.19. The highest BCUT2D eigenvalue weighted by Crippen LogP contribution is 2.12. The van der Waals surface area contributed by atoms with Gasteiger partial charge in [-0.25, -0.2) is 0 Å². The normalized spacial score (nSPS) is 16.4. The maximum atomic E-state index is 9.87. The van der Waals surface area contributed by atoms with Crippen LogP contribution in [0.1, 0.15) is 19.4 Å². The van der Waals surface area contributed by atoms with Gasteiger partial charge in [0, 0.05) is 5.92 Å². The lowest BCUT2D eigenvalue weighted by Gasteiger charge is -2.22. The summed E-state index contributed by atoms with van der Waals surface area (Å²) in [4.78, 5) is 0. The van der Waals surface area contributed by atoms with Crippen molar-refractivity contribution in [1.29, 1.82) is 0 Å². The van der Waals surface area contributed by atoms with Crippen molar-refractivity contribution in [1.82, 2.24) is 0 Å². The van der Waals surface area contributed by atoms with Crippen molar-refractivity contribution in [2.75, 3.05) is 0 Å². The average Bonchev–Trinajstić information content (AvgIpc) is 2.35. The number of aliphatic hydroxyl groups excluding tert-OH is 1. The number of rotatable bonds is 6. The highest BCUT2D eigenvalue weighted by molar-refractivity contribution is 5.13. The third kappa shape index (κ3) is 3.80. The number of hydrogen-bond donors (Lipinski definition) is 1. The fourth-order valence-electron chi connectivity index (χ4n) is 1.47. The van der Waals surface area contributed by atoms with Gasteiger partial charge in [-0.05, 0) is 12.5 Å². The fraction of sp³-hybridized carbons (Fsp3) is 0.429. The number of ether oxygens (including phenoxy) is 1. The topological polar surface area (TPSA) is 29.5 Å². The summed E-state index contributed by atoms with van der Waals surface area (Å²) >= 11 is 0. The molecule has 16 heavy (non-hydrogen) atoms. The van der Waals surface area contributed by atoms with E-state index in [-0.39, 0.29) is 12.0 Å². The molecule has 0 aromatic heterocycles. The van der Waals surface area contributed by atoms with Gasteiger partial charge in [0.2, 0.25) is 0 Å². The molecule has 0 saturated carbocycles. The minimum atomic E-state index is -0.499. The van der Waals surface area contributed by atoms with Crippen LogP contribution in [0.25, 0.3) is 0 Å². The maximum absolute atomic E-state index is 9.87. The molecule has 0 unspecified atom stereocenters. The van der Waals surface area contributed by atoms with E-state index in [1.807, 2.05) is 44.2 Å². The smallest absolute Gasteiger partial charge is 0.0858 e. The summed E-state index contributed by atoms with van der Waals surface area (Å²) in [6, 6.07) is 9.95. The molecule has 0 spiro atoms. The highest BCUT2D eigenvalue weighted by atomic mass is 16.5. The van der Waals surface area contributed by atoms with Crippen LogP contribution in [0.4, 0.5) is 0 Å². The van der Waals surface area contributed by atoms with Gasteiger partial charge in [-0.15, -0.1) is 6.58 Å². The van der Waals surface area contributed by atoms with Crippen LogP contribution in [-0.4, -0.2) is 17.3 Å². The summed E-state index contributed by atoms with van der Waals surface area (Å²) in [7, 11) is 0. The van der Waals surface area contributed by atoms with E-state index < -0.39 is 6.10 Å². The van der Waals surface area contributed by atoms with E-state index in [0.29, 0.717) is 6.61 Å². The maximum Gasteiger partial charge on any atom is 0.0858 e. The molecule has 0 bridgehead atoms. The second-order valence-electron chi connectivity index (χ2n) is 4.09. The van der Waals surface area contributed by atoms with Gasteiger partial charge in [0.15, 0.2) is 0 Å². The van der Waals surface area contributed by atoms with Gasteiger partial charge in [-0.3, -0.25) is 0 Å². The van der Waals surface area contributed by atoms with Crippen molar-refractivity contribution in [2.24, 2.45) is 5.92 Å². The Morgan fingerprint density at radius 1 is 1.31 bits per heavy atom. The van der Waals surface area contributed by atoms with Gasteiger partial charge in [0.1, 0.15) is 0 Å².